The van der Waals surface area contributed by atoms with Crippen molar-refractivity contribution in [1.82, 2.24) is 5.32 Å². The van der Waals surface area contributed by atoms with Gasteiger partial charge in [0, 0.05) is 13.5 Å². The van der Waals surface area contributed by atoms with Gasteiger partial charge in [-0.15, -0.1) is 0 Å². The van der Waals surface area contributed by atoms with Gasteiger partial charge in [0.05, 0.1) is 23.9 Å². The summed E-state index contributed by atoms with van der Waals surface area (Å²) in [6.45, 7) is 0.954. The molecule has 1 aliphatic heterocycles. The molecule has 1 unspecified atom stereocenters. The molecule has 0 radical (unpaired) electrons. The van der Waals surface area contributed by atoms with Gasteiger partial charge in [0.2, 0.25) is 11.8 Å². The summed E-state index contributed by atoms with van der Waals surface area (Å²) in [5, 5.41) is 5.86. The summed E-state index contributed by atoms with van der Waals surface area (Å²) in [6.07, 6.45) is 0.0605. The zero-order chi connectivity index (χ0) is 15.9. The van der Waals surface area contributed by atoms with Gasteiger partial charge in [-0.3, -0.25) is 14.6 Å². The molecule has 0 aliphatic carbocycles. The Morgan fingerprint density at radius 1 is 1.50 bits per heavy atom. The van der Waals surface area contributed by atoms with E-state index in [-0.39, 0.29) is 18.2 Å². The van der Waals surface area contributed by atoms with Crippen LogP contribution < -0.4 is 10.6 Å². The van der Waals surface area contributed by atoms with Crippen molar-refractivity contribution in [2.75, 3.05) is 25.6 Å². The molecule has 22 heavy (non-hydrogen) atoms. The second kappa shape index (κ2) is 8.17. The van der Waals surface area contributed by atoms with E-state index in [4.69, 9.17) is 16.3 Å². The Balaban J connectivity index is 1.88. The van der Waals surface area contributed by atoms with Crippen LogP contribution in [0.1, 0.15) is 6.42 Å². The van der Waals surface area contributed by atoms with Crippen molar-refractivity contribution in [2.24, 2.45) is 4.99 Å². The number of carbonyl (C=O) groups excluding carboxylic acids is 2. The van der Waals surface area contributed by atoms with Crippen LogP contribution in [-0.4, -0.2) is 42.5 Å². The first-order chi connectivity index (χ1) is 10.6. The topological polar surface area (TPSA) is 79.8 Å². The van der Waals surface area contributed by atoms with Crippen LogP contribution in [-0.2, 0) is 14.3 Å². The summed E-state index contributed by atoms with van der Waals surface area (Å²) in [5.74, 6) is -0.477. The van der Waals surface area contributed by atoms with Gasteiger partial charge >= 0.3 is 0 Å². The van der Waals surface area contributed by atoms with E-state index in [9.17, 15) is 9.59 Å². The first-order valence-electron chi connectivity index (χ1n) is 6.65. The molecule has 8 heteroatoms. The van der Waals surface area contributed by atoms with Crippen molar-refractivity contribution in [1.29, 1.82) is 0 Å². The highest BCUT2D eigenvalue weighted by Gasteiger charge is 2.31. The second-order valence-corrected chi connectivity index (χ2v) is 6.11. The van der Waals surface area contributed by atoms with Gasteiger partial charge in [0.25, 0.3) is 0 Å². The largest absolute Gasteiger partial charge is 0.383 e. The highest BCUT2D eigenvalue weighted by Crippen LogP contribution is 2.24. The van der Waals surface area contributed by atoms with Crippen LogP contribution in [0.3, 0.4) is 0 Å². The fraction of sp³-hybridized carbons (Fsp3) is 0.357. The molecule has 0 bridgehead atoms. The number of ether oxygens (including phenoxy) is 1. The van der Waals surface area contributed by atoms with Crippen LogP contribution in [0.2, 0.25) is 5.02 Å². The van der Waals surface area contributed by atoms with Crippen molar-refractivity contribution in [3.8, 4) is 0 Å². The van der Waals surface area contributed by atoms with E-state index in [1.54, 1.807) is 31.4 Å². The number of methoxy groups -OCH3 is 1. The van der Waals surface area contributed by atoms with Gasteiger partial charge in [-0.1, -0.05) is 35.5 Å². The molecule has 1 aromatic rings. The maximum Gasteiger partial charge on any atom is 0.240 e. The zero-order valence-electron chi connectivity index (χ0n) is 12.0. The minimum Gasteiger partial charge on any atom is -0.383 e. The summed E-state index contributed by atoms with van der Waals surface area (Å²) < 4.78 is 4.89. The zero-order valence-corrected chi connectivity index (χ0v) is 13.5. The highest BCUT2D eigenvalue weighted by atomic mass is 35.5. The van der Waals surface area contributed by atoms with Crippen LogP contribution >= 0.6 is 23.4 Å². The summed E-state index contributed by atoms with van der Waals surface area (Å²) in [5.41, 5.74) is 0.534. The number of aliphatic imine (C=N–C) groups is 1. The molecule has 6 nitrogen and oxygen atoms in total. The third-order valence-electron chi connectivity index (χ3n) is 2.85. The molecule has 0 aromatic heterocycles. The van der Waals surface area contributed by atoms with E-state index in [1.165, 1.54) is 11.8 Å². The number of amides is 2. The normalized spacial score (nSPS) is 19.3. The molecule has 1 aromatic carbocycles. The Morgan fingerprint density at radius 2 is 2.27 bits per heavy atom. The molecular formula is C14H16ClN3O3S. The van der Waals surface area contributed by atoms with E-state index in [2.05, 4.69) is 15.6 Å². The van der Waals surface area contributed by atoms with E-state index in [0.717, 1.165) is 0 Å². The standard InChI is InChI=1S/C14H16ClN3O3S/c1-21-7-6-16-14-18-13(20)11(22-14)8-12(19)17-10-5-3-2-4-9(10)15/h2-5,11H,6-8H2,1H3,(H,17,19)(H,16,18,20). The lowest BCUT2D eigenvalue weighted by molar-refractivity contribution is -0.122. The van der Waals surface area contributed by atoms with E-state index in [0.29, 0.717) is 29.0 Å². The van der Waals surface area contributed by atoms with Crippen molar-refractivity contribution >= 4 is 46.0 Å². The van der Waals surface area contributed by atoms with Gasteiger partial charge in [0.1, 0.15) is 5.25 Å². The quantitative estimate of drug-likeness (QED) is 0.774. The van der Waals surface area contributed by atoms with E-state index < -0.39 is 5.25 Å². The molecule has 2 amide bonds. The minimum atomic E-state index is -0.483. The Labute approximate surface area is 137 Å². The molecule has 1 heterocycles. The predicted molar refractivity (Wildman–Crippen MR) is 88.4 cm³/mol. The number of carbonyl (C=O) groups is 2. The summed E-state index contributed by atoms with van der Waals surface area (Å²) in [6, 6.07) is 6.95. The van der Waals surface area contributed by atoms with Crippen LogP contribution in [0.5, 0.6) is 0 Å². The van der Waals surface area contributed by atoms with Gasteiger partial charge in [-0.05, 0) is 12.1 Å². The fourth-order valence-electron chi connectivity index (χ4n) is 1.79. The molecule has 2 N–H and O–H groups in total. The molecule has 118 valence electrons. The average Bonchev–Trinajstić information content (AvgIpc) is 2.82. The molecule has 0 spiro atoms. The molecular weight excluding hydrogens is 326 g/mol. The number of thioether (sulfide) groups is 1. The van der Waals surface area contributed by atoms with Crippen molar-refractivity contribution in [2.45, 2.75) is 11.7 Å². The molecule has 1 aliphatic rings. The van der Waals surface area contributed by atoms with Gasteiger partial charge < -0.3 is 15.4 Å². The average molecular weight is 342 g/mol. The maximum atomic E-state index is 12.0. The molecule has 0 saturated carbocycles. The summed E-state index contributed by atoms with van der Waals surface area (Å²) >= 11 is 7.23. The number of hydrogen-bond acceptors (Lipinski definition) is 5. The maximum absolute atomic E-state index is 12.0. The predicted octanol–water partition coefficient (Wildman–Crippen LogP) is 1.90. The Kier molecular flexibility index (Phi) is 6.23. The number of nitrogens with zero attached hydrogens (tertiary/aromatic N) is 1. The number of anilines is 1. The first-order valence-corrected chi connectivity index (χ1v) is 7.91. The Hall–Kier alpha value is -1.57. The van der Waals surface area contributed by atoms with Crippen molar-refractivity contribution in [3.05, 3.63) is 29.3 Å². The fourth-order valence-corrected chi connectivity index (χ4v) is 2.96. The number of rotatable bonds is 6. The Bertz CT molecular complexity index is 594. The number of halogens is 1. The SMILES string of the molecule is COCCN=C1NC(=O)C(CC(=O)Nc2ccccc2Cl)S1. The highest BCUT2D eigenvalue weighted by molar-refractivity contribution is 8.15. The third-order valence-corrected chi connectivity index (χ3v) is 4.30. The first kappa shape index (κ1) is 16.8. The summed E-state index contributed by atoms with van der Waals surface area (Å²) in [7, 11) is 1.59. The monoisotopic (exact) mass is 341 g/mol. The number of para-hydroxylation sites is 1. The molecule has 2 rings (SSSR count). The van der Waals surface area contributed by atoms with Gasteiger partial charge in [0.15, 0.2) is 5.17 Å². The van der Waals surface area contributed by atoms with E-state index >= 15 is 0 Å². The lowest BCUT2D eigenvalue weighted by atomic mass is 10.2. The molecule has 1 fully saturated rings. The number of hydrogen-bond donors (Lipinski definition) is 2. The third kappa shape index (κ3) is 4.72. The second-order valence-electron chi connectivity index (χ2n) is 4.51. The van der Waals surface area contributed by atoms with Gasteiger partial charge in [-0.25, -0.2) is 0 Å². The number of amidine groups is 1. The van der Waals surface area contributed by atoms with Crippen molar-refractivity contribution in [3.63, 3.8) is 0 Å². The summed E-state index contributed by atoms with van der Waals surface area (Å²) in [4.78, 5) is 28.0. The smallest absolute Gasteiger partial charge is 0.240 e. The number of benzene rings is 1. The Morgan fingerprint density at radius 3 is 3.00 bits per heavy atom. The van der Waals surface area contributed by atoms with E-state index in [1.807, 2.05) is 0 Å². The van der Waals surface area contributed by atoms with Crippen LogP contribution in [0.15, 0.2) is 29.3 Å². The lowest BCUT2D eigenvalue weighted by Crippen LogP contribution is -2.28. The van der Waals surface area contributed by atoms with Crippen LogP contribution in [0, 0.1) is 0 Å². The molecule has 1 saturated heterocycles. The van der Waals surface area contributed by atoms with Crippen LogP contribution in [0.25, 0.3) is 0 Å². The number of nitrogens with one attached hydrogen (secondary N) is 2. The van der Waals surface area contributed by atoms with Crippen LogP contribution in [0.4, 0.5) is 5.69 Å². The van der Waals surface area contributed by atoms with Gasteiger partial charge in [-0.2, -0.15) is 0 Å². The molecule has 1 atom stereocenters. The lowest BCUT2D eigenvalue weighted by Gasteiger charge is -2.08. The van der Waals surface area contributed by atoms with Crippen molar-refractivity contribution < 1.29 is 14.3 Å². The minimum absolute atomic E-state index is 0.0605.